The zero-order valence-corrected chi connectivity index (χ0v) is 18.7. The van der Waals surface area contributed by atoms with E-state index in [1.54, 1.807) is 12.1 Å². The first-order valence-electron chi connectivity index (χ1n) is 9.43. The van der Waals surface area contributed by atoms with Crippen LogP contribution in [0.15, 0.2) is 36.4 Å². The maximum Gasteiger partial charge on any atom is 0.495 e. The first-order chi connectivity index (χ1) is 13.6. The van der Waals surface area contributed by atoms with Crippen LogP contribution in [0.5, 0.6) is 0 Å². The lowest BCUT2D eigenvalue weighted by Gasteiger charge is -2.32. The summed E-state index contributed by atoms with van der Waals surface area (Å²) in [6.45, 7) is 9.84. The summed E-state index contributed by atoms with van der Waals surface area (Å²) in [6, 6.07) is 8.85. The number of ketones is 1. The lowest BCUT2D eigenvalue weighted by molar-refractivity contribution is 0.00578. The lowest BCUT2D eigenvalue weighted by atomic mass is 9.74. The zero-order chi connectivity index (χ0) is 21.4. The molecule has 1 saturated heterocycles. The molecule has 0 saturated carbocycles. The second-order valence-electron chi connectivity index (χ2n) is 7.88. The molecule has 1 N–H and O–H groups in total. The van der Waals surface area contributed by atoms with Crippen LogP contribution in [-0.2, 0) is 9.31 Å². The van der Waals surface area contributed by atoms with Crippen LogP contribution >= 0.6 is 23.5 Å². The Labute approximate surface area is 180 Å². The summed E-state index contributed by atoms with van der Waals surface area (Å²) in [5.41, 5.74) is 0.884. The number of benzene rings is 2. The number of nitrogens with one attached hydrogen (secondary N) is 1. The fourth-order valence-corrected chi connectivity index (χ4v) is 3.67. The van der Waals surface area contributed by atoms with Crippen molar-refractivity contribution in [3.8, 4) is 0 Å². The molecule has 4 nitrogen and oxygen atoms in total. The quantitative estimate of drug-likeness (QED) is 0.389. The predicted molar refractivity (Wildman–Crippen MR) is 119 cm³/mol. The van der Waals surface area contributed by atoms with Gasteiger partial charge in [-0.25, -0.2) is 4.39 Å². The zero-order valence-electron chi connectivity index (χ0n) is 17.1. The smallest absolute Gasteiger partial charge is 0.399 e. The lowest BCUT2D eigenvalue weighted by Crippen LogP contribution is -2.41. The highest BCUT2D eigenvalue weighted by Crippen LogP contribution is 2.37. The number of anilines is 1. The van der Waals surface area contributed by atoms with E-state index in [1.165, 1.54) is 36.2 Å². The third kappa shape index (κ3) is 4.48. The maximum absolute atomic E-state index is 13.3. The molecule has 2 aromatic rings. The Hall–Kier alpha value is -1.54. The molecule has 0 amide bonds. The molecular weight excluding hydrogens is 412 g/mol. The molecule has 0 atom stereocenters. The number of rotatable bonds is 6. The fraction of sp³-hybridized carbons (Fsp3) is 0.381. The average Bonchev–Trinajstić information content (AvgIpc) is 2.87. The van der Waals surface area contributed by atoms with Crippen LogP contribution in [0.1, 0.15) is 50.5 Å². The Balaban J connectivity index is 2.08. The van der Waals surface area contributed by atoms with Gasteiger partial charge in [-0.3, -0.25) is 4.79 Å². The predicted octanol–water partition coefficient (Wildman–Crippen LogP) is 5.09. The largest absolute Gasteiger partial charge is 0.495 e. The van der Waals surface area contributed by atoms with Gasteiger partial charge in [-0.05, 0) is 69.6 Å². The van der Waals surface area contributed by atoms with Gasteiger partial charge in [0, 0.05) is 16.9 Å². The standard InChI is InChI=1S/C21H24BClFNO3S/c1-6-29-25-18-12-16(22-27-20(2,3)21(4,5)28-22)15(11-17(18)23)19(26)13-7-9-14(24)10-8-13/h7-12,25H,6H2,1-5H3. The second kappa shape index (κ2) is 8.30. The molecule has 1 heterocycles. The molecular formula is C21H24BClFNO3S. The van der Waals surface area contributed by atoms with Gasteiger partial charge in [-0.15, -0.1) is 0 Å². The van der Waals surface area contributed by atoms with Crippen molar-refractivity contribution in [3.05, 3.63) is 58.4 Å². The Morgan fingerprint density at radius 1 is 1.14 bits per heavy atom. The summed E-state index contributed by atoms with van der Waals surface area (Å²) in [5, 5.41) is 0.414. The van der Waals surface area contributed by atoms with Gasteiger partial charge >= 0.3 is 7.12 Å². The Bertz CT molecular complexity index is 905. The van der Waals surface area contributed by atoms with E-state index in [-0.39, 0.29) is 5.78 Å². The first-order valence-corrected chi connectivity index (χ1v) is 10.8. The molecule has 2 aromatic carbocycles. The number of halogens is 2. The van der Waals surface area contributed by atoms with Crippen LogP contribution in [0.25, 0.3) is 0 Å². The van der Waals surface area contributed by atoms with Crippen molar-refractivity contribution in [2.24, 2.45) is 0 Å². The van der Waals surface area contributed by atoms with Crippen LogP contribution in [0.2, 0.25) is 5.02 Å². The summed E-state index contributed by atoms with van der Waals surface area (Å²) in [6.07, 6.45) is 0. The van der Waals surface area contributed by atoms with Crippen molar-refractivity contribution in [1.29, 1.82) is 0 Å². The van der Waals surface area contributed by atoms with E-state index in [0.717, 1.165) is 5.75 Å². The molecule has 0 bridgehead atoms. The molecule has 0 radical (unpaired) electrons. The van der Waals surface area contributed by atoms with Gasteiger partial charge in [0.2, 0.25) is 0 Å². The molecule has 1 fully saturated rings. The SMILES string of the molecule is CCSNc1cc(B2OC(C)(C)C(C)(C)O2)c(C(=O)c2ccc(F)cc2)cc1Cl. The summed E-state index contributed by atoms with van der Waals surface area (Å²) in [4.78, 5) is 13.2. The van der Waals surface area contributed by atoms with Crippen LogP contribution < -0.4 is 10.2 Å². The van der Waals surface area contributed by atoms with E-state index < -0.39 is 24.1 Å². The van der Waals surface area contributed by atoms with Crippen molar-refractivity contribution in [3.63, 3.8) is 0 Å². The molecule has 1 aliphatic rings. The normalized spacial score (nSPS) is 17.4. The van der Waals surface area contributed by atoms with Crippen molar-refractivity contribution < 1.29 is 18.5 Å². The number of hydrogen-bond acceptors (Lipinski definition) is 5. The summed E-state index contributed by atoms with van der Waals surface area (Å²) in [5.74, 6) is 0.173. The van der Waals surface area contributed by atoms with Crippen LogP contribution in [0, 0.1) is 5.82 Å². The Kier molecular flexibility index (Phi) is 6.34. The minimum Gasteiger partial charge on any atom is -0.399 e. The van der Waals surface area contributed by atoms with Gasteiger partial charge < -0.3 is 14.0 Å². The molecule has 0 spiro atoms. The highest BCUT2D eigenvalue weighted by Gasteiger charge is 2.52. The van der Waals surface area contributed by atoms with Crippen LogP contribution in [-0.4, -0.2) is 29.9 Å². The Morgan fingerprint density at radius 3 is 2.28 bits per heavy atom. The number of carbonyl (C=O) groups is 1. The molecule has 3 rings (SSSR count). The fourth-order valence-electron chi connectivity index (χ4n) is 2.94. The average molecular weight is 436 g/mol. The molecule has 29 heavy (non-hydrogen) atoms. The van der Waals surface area contributed by atoms with Gasteiger partial charge in [0.25, 0.3) is 0 Å². The number of carbonyl (C=O) groups excluding carboxylic acids is 1. The summed E-state index contributed by atoms with van der Waals surface area (Å²) < 4.78 is 28.9. The van der Waals surface area contributed by atoms with E-state index in [2.05, 4.69) is 4.72 Å². The van der Waals surface area contributed by atoms with E-state index >= 15 is 0 Å². The topological polar surface area (TPSA) is 47.6 Å². The van der Waals surface area contributed by atoms with Gasteiger partial charge in [0.15, 0.2) is 5.78 Å². The molecule has 0 unspecified atom stereocenters. The highest BCUT2D eigenvalue weighted by molar-refractivity contribution is 8.00. The molecule has 8 heteroatoms. The molecule has 0 aromatic heterocycles. The first kappa shape index (κ1) is 22.2. The van der Waals surface area contributed by atoms with Gasteiger partial charge in [0.05, 0.1) is 21.9 Å². The van der Waals surface area contributed by atoms with Crippen LogP contribution in [0.3, 0.4) is 0 Å². The van der Waals surface area contributed by atoms with Gasteiger partial charge in [-0.1, -0.05) is 30.5 Å². The van der Waals surface area contributed by atoms with Crippen molar-refractivity contribution in [1.82, 2.24) is 0 Å². The van der Waals surface area contributed by atoms with Gasteiger partial charge in [-0.2, -0.15) is 0 Å². The molecule has 154 valence electrons. The van der Waals surface area contributed by atoms with Crippen LogP contribution in [0.4, 0.5) is 10.1 Å². The summed E-state index contributed by atoms with van der Waals surface area (Å²) >= 11 is 7.94. The van der Waals surface area contributed by atoms with Crippen molar-refractivity contribution >= 4 is 47.6 Å². The van der Waals surface area contributed by atoms with E-state index in [4.69, 9.17) is 20.9 Å². The van der Waals surface area contributed by atoms with Gasteiger partial charge in [0.1, 0.15) is 5.82 Å². The minimum atomic E-state index is -0.733. The van der Waals surface area contributed by atoms with E-state index in [1.807, 2.05) is 34.6 Å². The molecule has 0 aliphatic carbocycles. The van der Waals surface area contributed by atoms with E-state index in [0.29, 0.717) is 27.3 Å². The van der Waals surface area contributed by atoms with Crippen molar-refractivity contribution in [2.45, 2.75) is 45.8 Å². The van der Waals surface area contributed by atoms with E-state index in [9.17, 15) is 9.18 Å². The monoisotopic (exact) mass is 435 g/mol. The minimum absolute atomic E-state index is 0.272. The Morgan fingerprint density at radius 2 is 1.72 bits per heavy atom. The third-order valence-corrected chi connectivity index (χ3v) is 6.29. The van der Waals surface area contributed by atoms with Crippen molar-refractivity contribution in [2.75, 3.05) is 10.5 Å². The summed E-state index contributed by atoms with van der Waals surface area (Å²) in [7, 11) is -0.733. The number of hydrogen-bond donors (Lipinski definition) is 1. The third-order valence-electron chi connectivity index (χ3n) is 5.32. The second-order valence-corrected chi connectivity index (χ2v) is 9.36. The maximum atomic E-state index is 13.3. The molecule has 1 aliphatic heterocycles. The highest BCUT2D eigenvalue weighted by atomic mass is 35.5.